The van der Waals surface area contributed by atoms with Gasteiger partial charge < -0.3 is 15.8 Å². The molecule has 0 bridgehead atoms. The van der Waals surface area contributed by atoms with Gasteiger partial charge in [0.1, 0.15) is 11.4 Å². The zero-order valence-corrected chi connectivity index (χ0v) is 14.9. The van der Waals surface area contributed by atoms with Crippen LogP contribution < -0.4 is 5.73 Å². The van der Waals surface area contributed by atoms with Crippen LogP contribution in [0.1, 0.15) is 22.8 Å². The molecular weight excluding hydrogens is 338 g/mol. The van der Waals surface area contributed by atoms with E-state index in [0.29, 0.717) is 0 Å². The SMILES string of the molecule is CCc1ccccc1-c1c[nH]c2ncc(-c3ccc(O)c(C(N)=O)c3)cc12. The molecule has 4 N–H and O–H groups in total. The molecule has 2 aromatic heterocycles. The molecule has 2 aromatic carbocycles. The van der Waals surface area contributed by atoms with Crippen LogP contribution in [0, 0.1) is 0 Å². The van der Waals surface area contributed by atoms with E-state index in [1.165, 1.54) is 17.2 Å². The number of aromatic amines is 1. The minimum atomic E-state index is -0.664. The number of aryl methyl sites for hydroxylation is 1. The summed E-state index contributed by atoms with van der Waals surface area (Å²) in [6, 6.07) is 15.2. The Morgan fingerprint density at radius 3 is 2.70 bits per heavy atom. The molecule has 5 nitrogen and oxygen atoms in total. The number of amides is 1. The minimum absolute atomic E-state index is 0.0956. The standard InChI is InChI=1S/C22H19N3O2/c1-2-13-5-3-4-6-16(13)19-12-25-22-17(19)10-15(11-24-22)14-7-8-20(26)18(9-14)21(23)27/h3-12,26H,2H2,1H3,(H2,23,27)(H,24,25). The van der Waals surface area contributed by atoms with Crippen molar-refractivity contribution in [3.8, 4) is 28.0 Å². The summed E-state index contributed by atoms with van der Waals surface area (Å²) >= 11 is 0. The van der Waals surface area contributed by atoms with Crippen LogP contribution in [0.3, 0.4) is 0 Å². The quantitative estimate of drug-likeness (QED) is 0.509. The fourth-order valence-electron chi connectivity index (χ4n) is 3.39. The zero-order chi connectivity index (χ0) is 19.0. The Labute approximate surface area is 156 Å². The number of phenols is 1. The van der Waals surface area contributed by atoms with Crippen molar-refractivity contribution in [2.75, 3.05) is 0 Å². The summed E-state index contributed by atoms with van der Waals surface area (Å²) < 4.78 is 0. The summed E-state index contributed by atoms with van der Waals surface area (Å²) in [5, 5.41) is 10.8. The summed E-state index contributed by atoms with van der Waals surface area (Å²) in [6.45, 7) is 2.14. The predicted molar refractivity (Wildman–Crippen MR) is 107 cm³/mol. The highest BCUT2D eigenvalue weighted by Gasteiger charge is 2.13. The summed E-state index contributed by atoms with van der Waals surface area (Å²) in [4.78, 5) is 19.3. The lowest BCUT2D eigenvalue weighted by Gasteiger charge is -2.08. The number of aromatic nitrogens is 2. The van der Waals surface area contributed by atoms with Crippen LogP contribution in [0.2, 0.25) is 0 Å². The maximum absolute atomic E-state index is 11.5. The number of hydrogen-bond donors (Lipinski definition) is 3. The molecule has 0 aliphatic rings. The molecule has 5 heteroatoms. The number of pyridine rings is 1. The number of nitrogens with two attached hydrogens (primary N) is 1. The number of aromatic hydroxyl groups is 1. The predicted octanol–water partition coefficient (Wildman–Crippen LogP) is 4.26. The number of carbonyl (C=O) groups excluding carboxylic acids is 1. The number of hydrogen-bond acceptors (Lipinski definition) is 3. The van der Waals surface area contributed by atoms with Gasteiger partial charge in [-0.15, -0.1) is 0 Å². The smallest absolute Gasteiger partial charge is 0.252 e. The van der Waals surface area contributed by atoms with Crippen molar-refractivity contribution >= 4 is 16.9 Å². The second kappa shape index (κ2) is 6.61. The lowest BCUT2D eigenvalue weighted by molar-refractivity contribution is 0.0998. The zero-order valence-electron chi connectivity index (χ0n) is 14.9. The number of fused-ring (bicyclic) bond motifs is 1. The van der Waals surface area contributed by atoms with Crippen molar-refractivity contribution < 1.29 is 9.90 Å². The van der Waals surface area contributed by atoms with E-state index in [-0.39, 0.29) is 11.3 Å². The van der Waals surface area contributed by atoms with Gasteiger partial charge in [-0.05, 0) is 41.3 Å². The van der Waals surface area contributed by atoms with Gasteiger partial charge in [0.2, 0.25) is 0 Å². The van der Waals surface area contributed by atoms with E-state index in [4.69, 9.17) is 5.73 Å². The molecular formula is C22H19N3O2. The van der Waals surface area contributed by atoms with Crippen molar-refractivity contribution in [2.45, 2.75) is 13.3 Å². The number of benzene rings is 2. The van der Waals surface area contributed by atoms with Crippen LogP contribution in [-0.4, -0.2) is 21.0 Å². The highest BCUT2D eigenvalue weighted by Crippen LogP contribution is 2.33. The highest BCUT2D eigenvalue weighted by molar-refractivity contribution is 5.99. The van der Waals surface area contributed by atoms with Gasteiger partial charge in [0.15, 0.2) is 0 Å². The van der Waals surface area contributed by atoms with Crippen LogP contribution in [0.15, 0.2) is 60.9 Å². The lowest BCUT2D eigenvalue weighted by Crippen LogP contribution is -2.11. The van der Waals surface area contributed by atoms with Gasteiger partial charge in [0.05, 0.1) is 5.56 Å². The molecule has 0 radical (unpaired) electrons. The number of H-pyrrole nitrogens is 1. The number of rotatable bonds is 4. The summed E-state index contributed by atoms with van der Waals surface area (Å²) in [7, 11) is 0. The monoisotopic (exact) mass is 357 g/mol. The summed E-state index contributed by atoms with van der Waals surface area (Å²) in [5.74, 6) is -0.790. The van der Waals surface area contributed by atoms with Gasteiger partial charge in [0.25, 0.3) is 5.91 Å². The summed E-state index contributed by atoms with van der Waals surface area (Å²) in [6.07, 6.45) is 4.66. The molecule has 0 saturated heterocycles. The van der Waals surface area contributed by atoms with E-state index < -0.39 is 5.91 Å². The van der Waals surface area contributed by atoms with Gasteiger partial charge in [-0.3, -0.25) is 4.79 Å². The van der Waals surface area contributed by atoms with Gasteiger partial charge in [-0.1, -0.05) is 37.3 Å². The largest absolute Gasteiger partial charge is 0.507 e. The molecule has 0 aliphatic heterocycles. The minimum Gasteiger partial charge on any atom is -0.507 e. The molecule has 0 aliphatic carbocycles. The average molecular weight is 357 g/mol. The van der Waals surface area contributed by atoms with E-state index in [0.717, 1.165) is 34.1 Å². The average Bonchev–Trinajstić information content (AvgIpc) is 3.11. The lowest BCUT2D eigenvalue weighted by atomic mass is 9.97. The molecule has 0 spiro atoms. The van der Waals surface area contributed by atoms with Crippen molar-refractivity contribution in [1.29, 1.82) is 0 Å². The van der Waals surface area contributed by atoms with E-state index >= 15 is 0 Å². The van der Waals surface area contributed by atoms with Crippen molar-refractivity contribution in [2.24, 2.45) is 5.73 Å². The first-order valence-corrected chi connectivity index (χ1v) is 8.77. The molecule has 134 valence electrons. The third-order valence-corrected chi connectivity index (χ3v) is 4.81. The molecule has 0 atom stereocenters. The molecule has 4 aromatic rings. The number of primary amides is 1. The third-order valence-electron chi connectivity index (χ3n) is 4.81. The first-order valence-electron chi connectivity index (χ1n) is 8.77. The fraction of sp³-hybridized carbons (Fsp3) is 0.0909. The highest BCUT2D eigenvalue weighted by atomic mass is 16.3. The van der Waals surface area contributed by atoms with E-state index in [2.05, 4.69) is 29.0 Å². The molecule has 0 saturated carbocycles. The molecule has 27 heavy (non-hydrogen) atoms. The second-order valence-corrected chi connectivity index (χ2v) is 6.43. The second-order valence-electron chi connectivity index (χ2n) is 6.43. The Morgan fingerprint density at radius 1 is 1.11 bits per heavy atom. The number of carbonyl (C=O) groups is 1. The first-order chi connectivity index (χ1) is 13.1. The van der Waals surface area contributed by atoms with Gasteiger partial charge >= 0.3 is 0 Å². The first kappa shape index (κ1) is 16.8. The van der Waals surface area contributed by atoms with E-state index in [9.17, 15) is 9.90 Å². The molecule has 1 amide bonds. The van der Waals surface area contributed by atoms with Crippen LogP contribution in [-0.2, 0) is 6.42 Å². The van der Waals surface area contributed by atoms with Crippen LogP contribution in [0.4, 0.5) is 0 Å². The fourth-order valence-corrected chi connectivity index (χ4v) is 3.39. The molecule has 4 rings (SSSR count). The van der Waals surface area contributed by atoms with Crippen LogP contribution >= 0.6 is 0 Å². The van der Waals surface area contributed by atoms with E-state index in [1.54, 1.807) is 18.3 Å². The maximum Gasteiger partial charge on any atom is 0.252 e. The number of nitrogens with one attached hydrogen (secondary N) is 1. The Morgan fingerprint density at radius 2 is 1.93 bits per heavy atom. The Bertz CT molecular complexity index is 1160. The topological polar surface area (TPSA) is 92.0 Å². The Kier molecular flexibility index (Phi) is 4.12. The van der Waals surface area contributed by atoms with Crippen molar-refractivity contribution in [3.05, 3.63) is 72.1 Å². The Balaban J connectivity index is 1.88. The normalized spacial score (nSPS) is 11.0. The molecule has 2 heterocycles. The third kappa shape index (κ3) is 2.93. The van der Waals surface area contributed by atoms with Crippen molar-refractivity contribution in [3.63, 3.8) is 0 Å². The van der Waals surface area contributed by atoms with Gasteiger partial charge in [-0.2, -0.15) is 0 Å². The van der Waals surface area contributed by atoms with Crippen LogP contribution in [0.25, 0.3) is 33.3 Å². The number of nitrogens with zero attached hydrogens (tertiary/aromatic N) is 1. The van der Waals surface area contributed by atoms with E-state index in [1.807, 2.05) is 24.4 Å². The molecule has 0 fully saturated rings. The van der Waals surface area contributed by atoms with Gasteiger partial charge in [-0.25, -0.2) is 4.98 Å². The van der Waals surface area contributed by atoms with Crippen LogP contribution in [0.5, 0.6) is 5.75 Å². The molecule has 0 unspecified atom stereocenters. The van der Waals surface area contributed by atoms with Crippen molar-refractivity contribution in [1.82, 2.24) is 9.97 Å². The van der Waals surface area contributed by atoms with Gasteiger partial charge in [0, 0.05) is 28.9 Å². The Hall–Kier alpha value is -3.60. The summed E-state index contributed by atoms with van der Waals surface area (Å²) in [5.41, 5.74) is 11.4. The maximum atomic E-state index is 11.5.